The van der Waals surface area contributed by atoms with Gasteiger partial charge in [-0.25, -0.2) is 0 Å². The highest BCUT2D eigenvalue weighted by Crippen LogP contribution is 2.41. The summed E-state index contributed by atoms with van der Waals surface area (Å²) in [7, 11) is 1.71. The van der Waals surface area contributed by atoms with Crippen LogP contribution < -0.4 is 5.32 Å². The van der Waals surface area contributed by atoms with Crippen LogP contribution in [0.4, 0.5) is 0 Å². The van der Waals surface area contributed by atoms with Gasteiger partial charge in [-0.3, -0.25) is 4.79 Å². The highest BCUT2D eigenvalue weighted by atomic mass is 35.5. The first-order valence-corrected chi connectivity index (χ1v) is 6.05. The van der Waals surface area contributed by atoms with Gasteiger partial charge in [0.05, 0.1) is 5.41 Å². The number of nitrogens with one attached hydrogen (secondary N) is 1. The van der Waals surface area contributed by atoms with Crippen molar-refractivity contribution in [3.05, 3.63) is 34.9 Å². The number of halogens is 1. The normalized spacial score (nSPS) is 18.4. The Labute approximate surface area is 101 Å². The van der Waals surface area contributed by atoms with Crippen molar-refractivity contribution in [3.8, 4) is 0 Å². The van der Waals surface area contributed by atoms with Gasteiger partial charge in [0.1, 0.15) is 0 Å². The van der Waals surface area contributed by atoms with Crippen molar-refractivity contribution < 1.29 is 4.79 Å². The van der Waals surface area contributed by atoms with Crippen molar-refractivity contribution in [2.75, 3.05) is 7.05 Å². The Hall–Kier alpha value is -1.02. The third-order valence-corrected chi connectivity index (χ3v) is 3.77. The van der Waals surface area contributed by atoms with Gasteiger partial charge in [-0.05, 0) is 30.5 Å². The largest absolute Gasteiger partial charge is 0.358 e. The zero-order chi connectivity index (χ0) is 11.6. The average Bonchev–Trinajstić information content (AvgIpc) is 2.79. The molecule has 0 spiro atoms. The van der Waals surface area contributed by atoms with E-state index in [2.05, 4.69) is 5.32 Å². The number of carbonyl (C=O) groups excluding carboxylic acids is 1. The van der Waals surface area contributed by atoms with Crippen LogP contribution in [-0.4, -0.2) is 13.0 Å². The van der Waals surface area contributed by atoms with Gasteiger partial charge in [0.2, 0.25) is 5.91 Å². The van der Waals surface area contributed by atoms with Crippen molar-refractivity contribution in [2.45, 2.75) is 31.1 Å². The molecule has 3 heteroatoms. The van der Waals surface area contributed by atoms with E-state index in [9.17, 15) is 4.79 Å². The van der Waals surface area contributed by atoms with E-state index in [1.165, 1.54) is 0 Å². The lowest BCUT2D eigenvalue weighted by Crippen LogP contribution is -2.40. The second-order valence-electron chi connectivity index (χ2n) is 4.38. The van der Waals surface area contributed by atoms with Gasteiger partial charge in [-0.15, -0.1) is 0 Å². The maximum Gasteiger partial charge on any atom is 0.230 e. The van der Waals surface area contributed by atoms with E-state index in [1.54, 1.807) is 7.05 Å². The smallest absolute Gasteiger partial charge is 0.230 e. The van der Waals surface area contributed by atoms with Crippen molar-refractivity contribution >= 4 is 17.5 Å². The molecule has 1 N–H and O–H groups in total. The lowest BCUT2D eigenvalue weighted by Gasteiger charge is -2.27. The molecule has 0 bridgehead atoms. The van der Waals surface area contributed by atoms with E-state index < -0.39 is 0 Å². The fourth-order valence-corrected chi connectivity index (χ4v) is 2.76. The predicted octanol–water partition coefficient (Wildman–Crippen LogP) is 2.90. The van der Waals surface area contributed by atoms with Crippen LogP contribution in [0.2, 0.25) is 5.02 Å². The zero-order valence-corrected chi connectivity index (χ0v) is 10.2. The standard InChI is InChI=1S/C13H16ClNO/c1-15-12(16)13(8-2-3-9-13)10-4-6-11(14)7-5-10/h4-7H,2-3,8-9H2,1H3,(H,15,16). The molecule has 0 heterocycles. The summed E-state index contributed by atoms with van der Waals surface area (Å²) in [6.07, 6.45) is 4.12. The summed E-state index contributed by atoms with van der Waals surface area (Å²) in [6.45, 7) is 0. The van der Waals surface area contributed by atoms with Gasteiger partial charge in [-0.1, -0.05) is 36.6 Å². The van der Waals surface area contributed by atoms with E-state index in [1.807, 2.05) is 24.3 Å². The molecule has 0 saturated heterocycles. The van der Waals surface area contributed by atoms with Gasteiger partial charge in [0, 0.05) is 12.1 Å². The van der Waals surface area contributed by atoms with Crippen LogP contribution in [0.3, 0.4) is 0 Å². The van der Waals surface area contributed by atoms with E-state index in [0.717, 1.165) is 31.2 Å². The number of rotatable bonds is 2. The van der Waals surface area contributed by atoms with Gasteiger partial charge < -0.3 is 5.32 Å². The van der Waals surface area contributed by atoms with Gasteiger partial charge in [0.15, 0.2) is 0 Å². The van der Waals surface area contributed by atoms with E-state index in [4.69, 9.17) is 11.6 Å². The maximum atomic E-state index is 12.1. The maximum absolute atomic E-state index is 12.1. The van der Waals surface area contributed by atoms with E-state index >= 15 is 0 Å². The number of benzene rings is 1. The Morgan fingerprint density at radius 3 is 2.31 bits per heavy atom. The van der Waals surface area contributed by atoms with Gasteiger partial charge in [0.25, 0.3) is 0 Å². The van der Waals surface area contributed by atoms with Crippen LogP contribution in [0, 0.1) is 0 Å². The number of carbonyl (C=O) groups is 1. The average molecular weight is 238 g/mol. The van der Waals surface area contributed by atoms with Crippen molar-refractivity contribution in [3.63, 3.8) is 0 Å². The Bertz CT molecular complexity index is 379. The Balaban J connectivity index is 2.39. The number of hydrogen-bond acceptors (Lipinski definition) is 1. The lowest BCUT2D eigenvalue weighted by atomic mass is 9.78. The van der Waals surface area contributed by atoms with Crippen LogP contribution in [0.1, 0.15) is 31.2 Å². The molecule has 0 aromatic heterocycles. The SMILES string of the molecule is CNC(=O)C1(c2ccc(Cl)cc2)CCCC1. The molecule has 2 rings (SSSR count). The number of hydrogen-bond donors (Lipinski definition) is 1. The van der Waals surface area contributed by atoms with Crippen LogP contribution >= 0.6 is 11.6 Å². The molecule has 2 nitrogen and oxygen atoms in total. The highest BCUT2D eigenvalue weighted by Gasteiger charge is 2.41. The molecule has 1 aromatic rings. The Morgan fingerprint density at radius 1 is 1.25 bits per heavy atom. The summed E-state index contributed by atoms with van der Waals surface area (Å²) in [5, 5.41) is 3.51. The Kier molecular flexibility index (Phi) is 3.20. The van der Waals surface area contributed by atoms with Gasteiger partial charge in [-0.2, -0.15) is 0 Å². The molecule has 0 unspecified atom stereocenters. The molecule has 16 heavy (non-hydrogen) atoms. The van der Waals surface area contributed by atoms with Gasteiger partial charge >= 0.3 is 0 Å². The van der Waals surface area contributed by atoms with Crippen LogP contribution in [0.25, 0.3) is 0 Å². The molecule has 1 aliphatic carbocycles. The molecule has 0 radical (unpaired) electrons. The summed E-state index contributed by atoms with van der Waals surface area (Å²) >= 11 is 5.88. The lowest BCUT2D eigenvalue weighted by molar-refractivity contribution is -0.126. The topological polar surface area (TPSA) is 29.1 Å². The molecule has 1 aromatic carbocycles. The first kappa shape index (κ1) is 11.5. The zero-order valence-electron chi connectivity index (χ0n) is 9.42. The highest BCUT2D eigenvalue weighted by molar-refractivity contribution is 6.30. The summed E-state index contributed by atoms with van der Waals surface area (Å²) in [5.41, 5.74) is 0.771. The van der Waals surface area contributed by atoms with Crippen molar-refractivity contribution in [1.29, 1.82) is 0 Å². The summed E-state index contributed by atoms with van der Waals surface area (Å²) in [6, 6.07) is 7.67. The predicted molar refractivity (Wildman–Crippen MR) is 65.7 cm³/mol. The summed E-state index contributed by atoms with van der Waals surface area (Å²) < 4.78 is 0. The molecule has 1 amide bonds. The second kappa shape index (κ2) is 4.46. The molecule has 1 saturated carbocycles. The molecular weight excluding hydrogens is 222 g/mol. The van der Waals surface area contributed by atoms with Crippen molar-refractivity contribution in [1.82, 2.24) is 5.32 Å². The summed E-state index contributed by atoms with van der Waals surface area (Å²) in [4.78, 5) is 12.1. The minimum Gasteiger partial charge on any atom is -0.358 e. The molecular formula is C13H16ClNO. The first-order chi connectivity index (χ1) is 7.69. The third-order valence-electron chi connectivity index (χ3n) is 3.52. The number of amides is 1. The summed E-state index contributed by atoms with van der Waals surface area (Å²) in [5.74, 6) is 0.132. The van der Waals surface area contributed by atoms with Crippen LogP contribution in [0.15, 0.2) is 24.3 Å². The third kappa shape index (κ3) is 1.82. The van der Waals surface area contributed by atoms with E-state index in [0.29, 0.717) is 5.02 Å². The molecule has 1 aliphatic rings. The monoisotopic (exact) mass is 237 g/mol. The first-order valence-electron chi connectivity index (χ1n) is 5.67. The van der Waals surface area contributed by atoms with Crippen molar-refractivity contribution in [2.24, 2.45) is 0 Å². The minimum absolute atomic E-state index is 0.132. The Morgan fingerprint density at radius 2 is 1.81 bits per heavy atom. The molecule has 1 fully saturated rings. The fraction of sp³-hybridized carbons (Fsp3) is 0.462. The van der Waals surface area contributed by atoms with E-state index in [-0.39, 0.29) is 11.3 Å². The molecule has 0 atom stereocenters. The number of likely N-dealkylation sites (N-methyl/N-ethyl adjacent to an activating group) is 1. The fourth-order valence-electron chi connectivity index (χ4n) is 2.63. The second-order valence-corrected chi connectivity index (χ2v) is 4.81. The molecule has 86 valence electrons. The van der Waals surface area contributed by atoms with Crippen LogP contribution in [0.5, 0.6) is 0 Å². The minimum atomic E-state index is -0.320. The molecule has 0 aliphatic heterocycles. The quantitative estimate of drug-likeness (QED) is 0.842. The van der Waals surface area contributed by atoms with Crippen LogP contribution in [-0.2, 0) is 10.2 Å².